The normalized spacial score (nSPS) is 20.6. The van der Waals surface area contributed by atoms with Crippen molar-refractivity contribution in [2.75, 3.05) is 47.4 Å². The molecule has 0 amide bonds. The zero-order valence-corrected chi connectivity index (χ0v) is 11.9. The zero-order chi connectivity index (χ0) is 12.9. The second kappa shape index (κ2) is 6.69. The van der Waals surface area contributed by atoms with Crippen molar-refractivity contribution in [2.45, 2.75) is 37.8 Å². The average Bonchev–Trinajstić information content (AvgIpc) is 2.22. The lowest BCUT2D eigenvalue weighted by Gasteiger charge is -2.49. The summed E-state index contributed by atoms with van der Waals surface area (Å²) in [5.41, 5.74) is 0.376. The molecule has 0 aliphatic heterocycles. The molecule has 2 N–H and O–H groups in total. The summed E-state index contributed by atoms with van der Waals surface area (Å²) >= 11 is 0. The first-order chi connectivity index (χ1) is 8.04. The van der Waals surface area contributed by atoms with E-state index in [9.17, 15) is 5.11 Å². The lowest BCUT2D eigenvalue weighted by atomic mass is 9.75. The Balaban J connectivity index is 2.39. The zero-order valence-electron chi connectivity index (χ0n) is 11.9. The summed E-state index contributed by atoms with van der Waals surface area (Å²) in [4.78, 5) is 4.72. The monoisotopic (exact) mass is 243 g/mol. The van der Waals surface area contributed by atoms with Gasteiger partial charge in [-0.05, 0) is 47.0 Å². The van der Waals surface area contributed by atoms with E-state index in [1.807, 2.05) is 0 Å². The maximum absolute atomic E-state index is 9.29. The molecule has 1 aliphatic rings. The number of hydrogen-bond acceptors (Lipinski definition) is 4. The lowest BCUT2D eigenvalue weighted by Crippen LogP contribution is -2.58. The molecule has 0 aromatic heterocycles. The van der Waals surface area contributed by atoms with Crippen LogP contribution in [0.4, 0.5) is 0 Å². The molecule has 0 saturated heterocycles. The number of aliphatic hydroxyl groups is 1. The molecule has 0 spiro atoms. The number of nitrogens with zero attached hydrogens (tertiary/aromatic N) is 2. The highest BCUT2D eigenvalue weighted by Gasteiger charge is 2.39. The molecule has 0 heterocycles. The largest absolute Gasteiger partial charge is 0.395 e. The predicted molar refractivity (Wildman–Crippen MR) is 72.3 cm³/mol. The SMILES string of the molecule is CCNC(CO)CN(C)CC1(N(C)C)CCC1. The molecule has 0 aromatic carbocycles. The highest BCUT2D eigenvalue weighted by Crippen LogP contribution is 2.36. The molecule has 1 saturated carbocycles. The smallest absolute Gasteiger partial charge is 0.0597 e. The molecule has 4 nitrogen and oxygen atoms in total. The topological polar surface area (TPSA) is 38.7 Å². The molecule has 0 bridgehead atoms. The molecule has 1 aliphatic carbocycles. The van der Waals surface area contributed by atoms with Gasteiger partial charge in [0.05, 0.1) is 6.61 Å². The van der Waals surface area contributed by atoms with Crippen LogP contribution in [-0.4, -0.2) is 73.9 Å². The van der Waals surface area contributed by atoms with E-state index >= 15 is 0 Å². The van der Waals surface area contributed by atoms with E-state index in [1.165, 1.54) is 19.3 Å². The lowest BCUT2D eigenvalue weighted by molar-refractivity contribution is 0.0238. The van der Waals surface area contributed by atoms with Crippen LogP contribution < -0.4 is 5.32 Å². The molecular formula is C13H29N3O. The Labute approximate surface area is 106 Å². The van der Waals surface area contributed by atoms with Crippen LogP contribution in [-0.2, 0) is 0 Å². The average molecular weight is 243 g/mol. The second-order valence-electron chi connectivity index (χ2n) is 5.61. The Bertz CT molecular complexity index is 217. The first kappa shape index (κ1) is 14.9. The Kier molecular flexibility index (Phi) is 5.86. The van der Waals surface area contributed by atoms with Crippen molar-refractivity contribution in [2.24, 2.45) is 0 Å². The Morgan fingerprint density at radius 3 is 2.29 bits per heavy atom. The number of hydrogen-bond donors (Lipinski definition) is 2. The highest BCUT2D eigenvalue weighted by atomic mass is 16.3. The molecule has 0 radical (unpaired) electrons. The van der Waals surface area contributed by atoms with E-state index in [0.717, 1.165) is 19.6 Å². The van der Waals surface area contributed by atoms with E-state index in [4.69, 9.17) is 0 Å². The Morgan fingerprint density at radius 2 is 1.94 bits per heavy atom. The molecule has 1 rings (SSSR count). The van der Waals surface area contributed by atoms with Gasteiger partial charge in [0.25, 0.3) is 0 Å². The van der Waals surface area contributed by atoms with Crippen LogP contribution in [0.2, 0.25) is 0 Å². The minimum atomic E-state index is 0.198. The van der Waals surface area contributed by atoms with Gasteiger partial charge in [-0.15, -0.1) is 0 Å². The third-order valence-corrected chi connectivity index (χ3v) is 4.04. The van der Waals surface area contributed by atoms with Gasteiger partial charge >= 0.3 is 0 Å². The van der Waals surface area contributed by atoms with E-state index in [0.29, 0.717) is 5.54 Å². The van der Waals surface area contributed by atoms with Gasteiger partial charge in [-0.2, -0.15) is 0 Å². The van der Waals surface area contributed by atoms with Crippen LogP contribution in [0.5, 0.6) is 0 Å². The number of aliphatic hydroxyl groups excluding tert-OH is 1. The molecule has 4 heteroatoms. The van der Waals surface area contributed by atoms with Crippen molar-refractivity contribution in [1.29, 1.82) is 0 Å². The van der Waals surface area contributed by atoms with E-state index in [-0.39, 0.29) is 12.6 Å². The number of likely N-dealkylation sites (N-methyl/N-ethyl adjacent to an activating group) is 3. The third kappa shape index (κ3) is 3.91. The molecule has 102 valence electrons. The number of nitrogens with one attached hydrogen (secondary N) is 1. The summed E-state index contributed by atoms with van der Waals surface area (Å²) in [7, 11) is 6.52. The minimum Gasteiger partial charge on any atom is -0.395 e. The summed E-state index contributed by atoms with van der Waals surface area (Å²) in [6.45, 7) is 5.22. The Morgan fingerprint density at radius 1 is 1.29 bits per heavy atom. The van der Waals surface area contributed by atoms with Crippen molar-refractivity contribution in [1.82, 2.24) is 15.1 Å². The van der Waals surface area contributed by atoms with Gasteiger partial charge in [0.1, 0.15) is 0 Å². The molecule has 1 fully saturated rings. The molecular weight excluding hydrogens is 214 g/mol. The van der Waals surface area contributed by atoms with Gasteiger partial charge in [0.2, 0.25) is 0 Å². The van der Waals surface area contributed by atoms with Crippen molar-refractivity contribution >= 4 is 0 Å². The summed E-state index contributed by atoms with van der Waals surface area (Å²) < 4.78 is 0. The summed E-state index contributed by atoms with van der Waals surface area (Å²) in [5.74, 6) is 0. The van der Waals surface area contributed by atoms with Crippen LogP contribution >= 0.6 is 0 Å². The van der Waals surface area contributed by atoms with E-state index in [1.54, 1.807) is 0 Å². The Hall–Kier alpha value is -0.160. The van der Waals surface area contributed by atoms with Crippen LogP contribution in [0.15, 0.2) is 0 Å². The second-order valence-corrected chi connectivity index (χ2v) is 5.61. The van der Waals surface area contributed by atoms with E-state index < -0.39 is 0 Å². The van der Waals surface area contributed by atoms with Crippen LogP contribution in [0.1, 0.15) is 26.2 Å². The van der Waals surface area contributed by atoms with Crippen molar-refractivity contribution in [3.8, 4) is 0 Å². The van der Waals surface area contributed by atoms with Gasteiger partial charge in [-0.1, -0.05) is 6.92 Å². The maximum atomic E-state index is 9.29. The van der Waals surface area contributed by atoms with Crippen molar-refractivity contribution in [3.05, 3.63) is 0 Å². The van der Waals surface area contributed by atoms with Crippen LogP contribution in [0.3, 0.4) is 0 Å². The van der Waals surface area contributed by atoms with Crippen molar-refractivity contribution in [3.63, 3.8) is 0 Å². The quantitative estimate of drug-likeness (QED) is 0.646. The van der Waals surface area contributed by atoms with Crippen LogP contribution in [0, 0.1) is 0 Å². The maximum Gasteiger partial charge on any atom is 0.0597 e. The van der Waals surface area contributed by atoms with Gasteiger partial charge in [0, 0.05) is 24.7 Å². The van der Waals surface area contributed by atoms with Crippen LogP contribution in [0.25, 0.3) is 0 Å². The van der Waals surface area contributed by atoms with Gasteiger partial charge in [0.15, 0.2) is 0 Å². The molecule has 0 aromatic rings. The first-order valence-electron chi connectivity index (χ1n) is 6.74. The predicted octanol–water partition coefficient (Wildman–Crippen LogP) is 0.373. The molecule has 1 atom stereocenters. The van der Waals surface area contributed by atoms with Gasteiger partial charge in [-0.25, -0.2) is 0 Å². The van der Waals surface area contributed by atoms with Crippen molar-refractivity contribution < 1.29 is 5.11 Å². The fourth-order valence-corrected chi connectivity index (χ4v) is 2.75. The van der Waals surface area contributed by atoms with E-state index in [2.05, 4.69) is 43.2 Å². The fourth-order valence-electron chi connectivity index (χ4n) is 2.75. The fraction of sp³-hybridized carbons (Fsp3) is 1.00. The molecule has 17 heavy (non-hydrogen) atoms. The molecule has 1 unspecified atom stereocenters. The minimum absolute atomic E-state index is 0.198. The summed E-state index contributed by atoms with van der Waals surface area (Å²) in [5, 5.41) is 12.6. The standard InChI is InChI=1S/C13H29N3O/c1-5-14-12(10-17)9-16(4)11-13(15(2)3)7-6-8-13/h12,14,17H,5-11H2,1-4H3. The number of rotatable bonds is 8. The first-order valence-corrected chi connectivity index (χ1v) is 6.74. The van der Waals surface area contributed by atoms with Gasteiger partial charge < -0.3 is 20.2 Å². The van der Waals surface area contributed by atoms with Gasteiger partial charge in [-0.3, -0.25) is 0 Å². The third-order valence-electron chi connectivity index (χ3n) is 4.04. The summed E-state index contributed by atoms with van der Waals surface area (Å²) in [6.07, 6.45) is 3.95. The summed E-state index contributed by atoms with van der Waals surface area (Å²) in [6, 6.07) is 0.198. The highest BCUT2D eigenvalue weighted by molar-refractivity contribution is 4.98.